The van der Waals surface area contributed by atoms with Crippen LogP contribution >= 0.6 is 0 Å². The van der Waals surface area contributed by atoms with Crippen LogP contribution in [0.3, 0.4) is 0 Å². The lowest BCUT2D eigenvalue weighted by Gasteiger charge is -2.28. The van der Waals surface area contributed by atoms with E-state index in [2.05, 4.69) is 13.2 Å². The van der Waals surface area contributed by atoms with Gasteiger partial charge >= 0.3 is 23.9 Å². The van der Waals surface area contributed by atoms with Gasteiger partial charge in [-0.3, -0.25) is 9.59 Å². The summed E-state index contributed by atoms with van der Waals surface area (Å²) in [5.41, 5.74) is 1.91. The number of hydrogen-bond donors (Lipinski definition) is 0. The van der Waals surface area contributed by atoms with E-state index in [1.807, 2.05) is 24.3 Å². The van der Waals surface area contributed by atoms with Crippen LogP contribution in [0.25, 0.3) is 0 Å². The molecule has 0 radical (unpaired) electrons. The molecule has 1 fully saturated rings. The van der Waals surface area contributed by atoms with E-state index < -0.39 is 11.9 Å². The van der Waals surface area contributed by atoms with Crippen LogP contribution in [0.15, 0.2) is 73.8 Å². The zero-order valence-electron chi connectivity index (χ0n) is 23.5. The Morgan fingerprint density at radius 2 is 0.976 bits per heavy atom. The largest absolute Gasteiger partial charge is 0.462 e. The molecule has 0 aromatic heterocycles. The lowest BCUT2D eigenvalue weighted by molar-refractivity contribution is -0.158. The molecular weight excluding hydrogens is 544 g/mol. The Kier molecular flexibility index (Phi) is 13.1. The highest BCUT2D eigenvalue weighted by atomic mass is 16.7. The summed E-state index contributed by atoms with van der Waals surface area (Å²) in [6, 6.07) is 14.3. The van der Waals surface area contributed by atoms with Crippen LogP contribution in [0, 0.1) is 0 Å². The Bertz CT molecular complexity index is 1100. The molecule has 1 aliphatic rings. The van der Waals surface area contributed by atoms with E-state index in [-0.39, 0.29) is 50.6 Å². The molecule has 2 aromatic carbocycles. The van der Waals surface area contributed by atoms with Crippen LogP contribution in [-0.4, -0.2) is 49.7 Å². The first kappa shape index (κ1) is 31.9. The molecule has 10 heteroatoms. The van der Waals surface area contributed by atoms with Gasteiger partial charge in [0, 0.05) is 25.0 Å². The number of carbonyl (C=O) groups is 4. The van der Waals surface area contributed by atoms with E-state index in [0.29, 0.717) is 50.0 Å². The molecule has 1 saturated carbocycles. The molecule has 0 unspecified atom stereocenters. The molecule has 0 aliphatic heterocycles. The summed E-state index contributed by atoms with van der Waals surface area (Å²) in [4.78, 5) is 46.8. The third-order valence-corrected chi connectivity index (χ3v) is 6.49. The van der Waals surface area contributed by atoms with Gasteiger partial charge in [0.15, 0.2) is 0 Å². The van der Waals surface area contributed by atoms with Gasteiger partial charge in [-0.05, 0) is 73.9 Å². The first-order chi connectivity index (χ1) is 20.3. The molecule has 0 saturated heterocycles. The molecule has 3 rings (SSSR count). The molecule has 2 aromatic rings. The lowest BCUT2D eigenvalue weighted by atomic mass is 9.95. The van der Waals surface area contributed by atoms with Crippen molar-refractivity contribution in [2.45, 2.75) is 63.6 Å². The van der Waals surface area contributed by atoms with Crippen molar-refractivity contribution in [3.63, 3.8) is 0 Å². The number of benzene rings is 2. The van der Waals surface area contributed by atoms with Crippen LogP contribution in [0.1, 0.15) is 49.7 Å². The van der Waals surface area contributed by atoms with Gasteiger partial charge in [0.1, 0.15) is 23.7 Å². The second kappa shape index (κ2) is 17.3. The van der Waals surface area contributed by atoms with Gasteiger partial charge < -0.3 is 28.4 Å². The number of carbonyl (C=O) groups excluding carboxylic acids is 4. The molecule has 1 aliphatic carbocycles. The van der Waals surface area contributed by atoms with E-state index >= 15 is 0 Å². The lowest BCUT2D eigenvalue weighted by Crippen LogP contribution is -2.29. The predicted molar refractivity (Wildman–Crippen MR) is 151 cm³/mol. The average Bonchev–Trinajstić information content (AvgIpc) is 3.01. The normalized spacial score (nSPS) is 15.9. The highest BCUT2D eigenvalue weighted by Gasteiger charge is 2.26. The summed E-state index contributed by atoms with van der Waals surface area (Å²) in [5.74, 6) is -0.560. The van der Waals surface area contributed by atoms with Gasteiger partial charge in [0.05, 0.1) is 0 Å². The molecule has 0 spiro atoms. The molecule has 0 amide bonds. The summed E-state index contributed by atoms with van der Waals surface area (Å²) >= 11 is 0. The van der Waals surface area contributed by atoms with Crippen molar-refractivity contribution in [3.05, 3.63) is 85.0 Å². The summed E-state index contributed by atoms with van der Waals surface area (Å²) < 4.78 is 31.4. The quantitative estimate of drug-likeness (QED) is 0.119. The highest BCUT2D eigenvalue weighted by Crippen LogP contribution is 2.25. The van der Waals surface area contributed by atoms with E-state index in [1.54, 1.807) is 24.3 Å². The first-order valence-electron chi connectivity index (χ1n) is 13.8. The second-order valence-electron chi connectivity index (χ2n) is 9.53. The third-order valence-electron chi connectivity index (χ3n) is 6.49. The molecule has 0 bridgehead atoms. The van der Waals surface area contributed by atoms with Gasteiger partial charge in [0.25, 0.3) is 0 Å². The van der Waals surface area contributed by atoms with Crippen LogP contribution in [0.2, 0.25) is 0 Å². The Hall–Kier alpha value is -4.60. The Labute approximate surface area is 245 Å². The summed E-state index contributed by atoms with van der Waals surface area (Å²) in [6.07, 6.45) is 5.92. The molecule has 0 atom stereocenters. The monoisotopic (exact) mass is 580 g/mol. The van der Waals surface area contributed by atoms with E-state index in [9.17, 15) is 19.2 Å². The Morgan fingerprint density at radius 1 is 0.619 bits per heavy atom. The minimum absolute atomic E-state index is 0.178. The van der Waals surface area contributed by atoms with Crippen molar-refractivity contribution in [2.75, 3.05) is 13.6 Å². The van der Waals surface area contributed by atoms with Crippen molar-refractivity contribution < 1.29 is 47.6 Å². The zero-order chi connectivity index (χ0) is 30.2. The van der Waals surface area contributed by atoms with Gasteiger partial charge in [-0.1, -0.05) is 37.4 Å². The standard InChI is InChI=1S/C32H36O10/c1-3-29(33)39-21-37-25-11-5-23(6-12-25)9-19-31(35)41-27-15-17-28(18-16-27)42-32(36)20-10-24-7-13-26(14-8-24)38-22-40-30(34)4-2/h3-8,11-14,27-28H,1-2,9-10,15-22H2. The second-order valence-corrected chi connectivity index (χ2v) is 9.53. The van der Waals surface area contributed by atoms with E-state index in [0.717, 1.165) is 23.3 Å². The van der Waals surface area contributed by atoms with Crippen molar-refractivity contribution in [3.8, 4) is 11.5 Å². The van der Waals surface area contributed by atoms with Gasteiger partial charge in [-0.25, -0.2) is 9.59 Å². The van der Waals surface area contributed by atoms with Crippen LogP contribution in [0.5, 0.6) is 11.5 Å². The minimum Gasteiger partial charge on any atom is -0.462 e. The van der Waals surface area contributed by atoms with Gasteiger partial charge in [-0.2, -0.15) is 0 Å². The van der Waals surface area contributed by atoms with Crippen molar-refractivity contribution in [2.24, 2.45) is 0 Å². The smallest absolute Gasteiger partial charge is 0.333 e. The number of rotatable bonds is 16. The molecule has 42 heavy (non-hydrogen) atoms. The van der Waals surface area contributed by atoms with Gasteiger partial charge in [-0.15, -0.1) is 0 Å². The zero-order valence-corrected chi connectivity index (χ0v) is 23.5. The highest BCUT2D eigenvalue weighted by molar-refractivity contribution is 5.81. The number of ether oxygens (including phenoxy) is 6. The van der Waals surface area contributed by atoms with Crippen molar-refractivity contribution in [1.29, 1.82) is 0 Å². The Balaban J connectivity index is 1.26. The van der Waals surface area contributed by atoms with Crippen molar-refractivity contribution in [1.82, 2.24) is 0 Å². The predicted octanol–water partition coefficient (Wildman–Crippen LogP) is 4.78. The number of aryl methyl sites for hydroxylation is 2. The van der Waals surface area contributed by atoms with Crippen LogP contribution < -0.4 is 9.47 Å². The fraction of sp³-hybridized carbons (Fsp3) is 0.375. The molecule has 10 nitrogen and oxygen atoms in total. The van der Waals surface area contributed by atoms with Crippen LogP contribution in [0.4, 0.5) is 0 Å². The fourth-order valence-electron chi connectivity index (χ4n) is 4.18. The van der Waals surface area contributed by atoms with Crippen LogP contribution in [-0.2, 0) is 51.0 Å². The van der Waals surface area contributed by atoms with Gasteiger partial charge in [0.2, 0.25) is 13.6 Å². The minimum atomic E-state index is -0.561. The maximum Gasteiger partial charge on any atom is 0.333 e. The summed E-state index contributed by atoms with van der Waals surface area (Å²) in [5, 5.41) is 0. The molecule has 0 heterocycles. The maximum atomic E-state index is 12.4. The topological polar surface area (TPSA) is 124 Å². The maximum absolute atomic E-state index is 12.4. The first-order valence-corrected chi connectivity index (χ1v) is 13.8. The fourth-order valence-corrected chi connectivity index (χ4v) is 4.18. The third kappa shape index (κ3) is 11.9. The van der Waals surface area contributed by atoms with Crippen molar-refractivity contribution >= 4 is 23.9 Å². The van der Waals surface area contributed by atoms with E-state index in [4.69, 9.17) is 28.4 Å². The Morgan fingerprint density at radius 3 is 1.31 bits per heavy atom. The molecule has 224 valence electrons. The average molecular weight is 581 g/mol. The molecule has 0 N–H and O–H groups in total. The summed E-state index contributed by atoms with van der Waals surface area (Å²) in [7, 11) is 0. The van der Waals surface area contributed by atoms with E-state index in [1.165, 1.54) is 0 Å². The number of hydrogen-bond acceptors (Lipinski definition) is 10. The SMILES string of the molecule is C=CC(=O)OCOc1ccc(CCC(=O)OC2CCC(OC(=O)CCc3ccc(OCOC(=O)C=C)cc3)CC2)cc1. The number of esters is 4. The molecular formula is C32H36O10. The summed E-state index contributed by atoms with van der Waals surface area (Å²) in [6.45, 7) is 6.21.